The summed E-state index contributed by atoms with van der Waals surface area (Å²) < 4.78 is 37.1. The summed E-state index contributed by atoms with van der Waals surface area (Å²) in [6.45, 7) is 0. The fourth-order valence-corrected chi connectivity index (χ4v) is 1.91. The molecule has 6 heteroatoms. The summed E-state index contributed by atoms with van der Waals surface area (Å²) in [5, 5.41) is 8.30. The summed E-state index contributed by atoms with van der Waals surface area (Å²) in [6, 6.07) is 4.74. The number of hydrogen-bond donors (Lipinski definition) is 0. The molecule has 1 rings (SSSR count). The molecule has 0 saturated carbocycles. The molecule has 0 aliphatic carbocycles. The molecule has 1 aromatic carbocycles. The van der Waals surface area contributed by atoms with Crippen molar-refractivity contribution in [1.29, 1.82) is 5.26 Å². The van der Waals surface area contributed by atoms with Crippen molar-refractivity contribution in [3.63, 3.8) is 0 Å². The van der Waals surface area contributed by atoms with E-state index in [-0.39, 0.29) is 15.6 Å². The first kappa shape index (κ1) is 13.0. The van der Waals surface area contributed by atoms with Crippen molar-refractivity contribution in [1.82, 2.24) is 0 Å². The summed E-state index contributed by atoms with van der Waals surface area (Å²) in [5.41, 5.74) is -0.652. The lowest BCUT2D eigenvalue weighted by molar-refractivity contribution is -0.138. The van der Waals surface area contributed by atoms with Crippen LogP contribution in [0.2, 0.25) is 0 Å². The van der Waals surface area contributed by atoms with Gasteiger partial charge in [-0.25, -0.2) is 0 Å². The highest BCUT2D eigenvalue weighted by Gasteiger charge is 2.32. The molecule has 0 amide bonds. The van der Waals surface area contributed by atoms with Gasteiger partial charge >= 0.3 is 6.18 Å². The lowest BCUT2D eigenvalue weighted by atomic mass is 10.1. The molecule has 0 aromatic heterocycles. The Morgan fingerprint density at radius 1 is 1.44 bits per heavy atom. The second kappa shape index (κ2) is 4.82. The Kier molecular flexibility index (Phi) is 3.91. The van der Waals surface area contributed by atoms with Crippen molar-refractivity contribution in [2.24, 2.45) is 0 Å². The number of ketones is 1. The molecule has 2 nitrogen and oxygen atoms in total. The standard InChI is InChI=1S/C10H5F3INO/c11-10(12,13)7-2-1-6(5-8(7)14)9(16)3-4-15/h1-2,5H,3H2. The Hall–Kier alpha value is -1.10. The molecule has 0 fully saturated rings. The van der Waals surface area contributed by atoms with E-state index in [1.54, 1.807) is 6.07 Å². The molecule has 0 aliphatic heterocycles. The Bertz CT molecular complexity index is 462. The van der Waals surface area contributed by atoms with Gasteiger partial charge in [-0.3, -0.25) is 4.79 Å². The second-order valence-electron chi connectivity index (χ2n) is 2.95. The average Bonchev–Trinajstić information content (AvgIpc) is 2.16. The third-order valence-electron chi connectivity index (χ3n) is 1.84. The van der Waals surface area contributed by atoms with Gasteiger partial charge < -0.3 is 0 Å². The van der Waals surface area contributed by atoms with Crippen LogP contribution in [-0.2, 0) is 6.18 Å². The molecule has 1 aromatic rings. The minimum Gasteiger partial charge on any atom is -0.293 e. The van der Waals surface area contributed by atoms with Crippen LogP contribution in [-0.4, -0.2) is 5.78 Å². The molecule has 0 N–H and O–H groups in total. The van der Waals surface area contributed by atoms with Crippen LogP contribution in [0.4, 0.5) is 13.2 Å². The molecule has 0 spiro atoms. The summed E-state index contributed by atoms with van der Waals surface area (Å²) >= 11 is 1.52. The first-order chi connectivity index (χ1) is 7.36. The van der Waals surface area contributed by atoms with E-state index in [0.29, 0.717) is 0 Å². The normalized spacial score (nSPS) is 10.9. The lowest BCUT2D eigenvalue weighted by Gasteiger charge is -2.09. The number of rotatable bonds is 2. The largest absolute Gasteiger partial charge is 0.417 e. The smallest absolute Gasteiger partial charge is 0.293 e. The molecule has 84 valence electrons. The minimum absolute atomic E-state index is 0.0473. The quantitative estimate of drug-likeness (QED) is 0.612. The van der Waals surface area contributed by atoms with Crippen LogP contribution in [0.15, 0.2) is 18.2 Å². The van der Waals surface area contributed by atoms with Gasteiger partial charge in [0, 0.05) is 9.13 Å². The first-order valence-corrected chi connectivity index (χ1v) is 5.21. The molecule has 0 radical (unpaired) electrons. The van der Waals surface area contributed by atoms with E-state index < -0.39 is 17.5 Å². The van der Waals surface area contributed by atoms with Gasteiger partial charge in [-0.05, 0) is 34.7 Å². The number of carbonyl (C=O) groups excluding carboxylic acids is 1. The van der Waals surface area contributed by atoms with Gasteiger partial charge in [0.15, 0.2) is 5.78 Å². The third kappa shape index (κ3) is 2.95. The van der Waals surface area contributed by atoms with Crippen molar-refractivity contribution in [2.75, 3.05) is 0 Å². The summed E-state index contributed by atoms with van der Waals surface area (Å²) in [4.78, 5) is 11.3. The van der Waals surface area contributed by atoms with Crippen molar-refractivity contribution >= 4 is 28.4 Å². The number of nitrogens with zero attached hydrogens (tertiary/aromatic N) is 1. The van der Waals surface area contributed by atoms with Gasteiger partial charge in [0.2, 0.25) is 0 Å². The second-order valence-corrected chi connectivity index (χ2v) is 4.11. The van der Waals surface area contributed by atoms with Crippen LogP contribution in [0.25, 0.3) is 0 Å². The Balaban J connectivity index is 3.10. The highest BCUT2D eigenvalue weighted by Crippen LogP contribution is 2.33. The first-order valence-electron chi connectivity index (χ1n) is 4.13. The fourth-order valence-electron chi connectivity index (χ4n) is 1.09. The molecule has 16 heavy (non-hydrogen) atoms. The van der Waals surface area contributed by atoms with E-state index in [1.165, 1.54) is 22.6 Å². The zero-order valence-corrected chi connectivity index (χ0v) is 9.96. The lowest BCUT2D eigenvalue weighted by Crippen LogP contribution is -2.09. The molecule has 0 unspecified atom stereocenters. The van der Waals surface area contributed by atoms with Gasteiger partial charge in [0.05, 0.1) is 18.1 Å². The highest BCUT2D eigenvalue weighted by atomic mass is 127. The average molecular weight is 339 g/mol. The van der Waals surface area contributed by atoms with E-state index in [0.717, 1.165) is 18.2 Å². The number of halogens is 4. The van der Waals surface area contributed by atoms with Crippen LogP contribution in [0.3, 0.4) is 0 Å². The minimum atomic E-state index is -4.42. The van der Waals surface area contributed by atoms with Crippen LogP contribution < -0.4 is 0 Å². The molecule has 0 saturated heterocycles. The molecular weight excluding hydrogens is 334 g/mol. The van der Waals surface area contributed by atoms with E-state index in [4.69, 9.17) is 5.26 Å². The van der Waals surface area contributed by atoms with Gasteiger partial charge in [-0.2, -0.15) is 18.4 Å². The Morgan fingerprint density at radius 2 is 2.06 bits per heavy atom. The van der Waals surface area contributed by atoms with Crippen LogP contribution in [0.1, 0.15) is 22.3 Å². The SMILES string of the molecule is N#CCC(=O)c1ccc(C(F)(F)F)c(I)c1. The molecule has 0 bridgehead atoms. The van der Waals surface area contributed by atoms with E-state index in [1.807, 2.05) is 0 Å². The number of hydrogen-bond acceptors (Lipinski definition) is 2. The van der Waals surface area contributed by atoms with Gasteiger partial charge in [-0.1, -0.05) is 6.07 Å². The Labute approximate surface area is 103 Å². The van der Waals surface area contributed by atoms with Crippen molar-refractivity contribution < 1.29 is 18.0 Å². The predicted molar refractivity (Wildman–Crippen MR) is 58.7 cm³/mol. The molecule has 0 atom stereocenters. The zero-order chi connectivity index (χ0) is 12.3. The number of Topliss-reactive ketones (excluding diaryl/α,β-unsaturated/α-hetero) is 1. The van der Waals surface area contributed by atoms with Crippen molar-refractivity contribution in [2.45, 2.75) is 12.6 Å². The maximum atomic E-state index is 12.4. The Morgan fingerprint density at radius 3 is 2.50 bits per heavy atom. The number of carbonyl (C=O) groups is 1. The number of nitriles is 1. The predicted octanol–water partition coefficient (Wildman–Crippen LogP) is 3.41. The van der Waals surface area contributed by atoms with E-state index in [2.05, 4.69) is 0 Å². The highest BCUT2D eigenvalue weighted by molar-refractivity contribution is 14.1. The van der Waals surface area contributed by atoms with Crippen LogP contribution in [0.5, 0.6) is 0 Å². The molecular formula is C10H5F3INO. The third-order valence-corrected chi connectivity index (χ3v) is 2.73. The van der Waals surface area contributed by atoms with Gasteiger partial charge in [0.1, 0.15) is 0 Å². The summed E-state index contributed by atoms with van der Waals surface area (Å²) in [7, 11) is 0. The van der Waals surface area contributed by atoms with Crippen molar-refractivity contribution in [3.05, 3.63) is 32.9 Å². The summed E-state index contributed by atoms with van der Waals surface area (Å²) in [5.74, 6) is -0.478. The maximum absolute atomic E-state index is 12.4. The zero-order valence-electron chi connectivity index (χ0n) is 7.81. The molecule has 0 heterocycles. The maximum Gasteiger partial charge on any atom is 0.417 e. The van der Waals surface area contributed by atoms with Crippen molar-refractivity contribution in [3.8, 4) is 6.07 Å². The van der Waals surface area contributed by atoms with Gasteiger partial charge in [0.25, 0.3) is 0 Å². The van der Waals surface area contributed by atoms with E-state index >= 15 is 0 Å². The molecule has 0 aliphatic rings. The number of alkyl halides is 3. The van der Waals surface area contributed by atoms with Crippen LogP contribution in [0, 0.1) is 14.9 Å². The van der Waals surface area contributed by atoms with E-state index in [9.17, 15) is 18.0 Å². The van der Waals surface area contributed by atoms with Crippen LogP contribution >= 0.6 is 22.6 Å². The summed E-state index contributed by atoms with van der Waals surface area (Å²) in [6.07, 6.45) is -4.76. The van der Waals surface area contributed by atoms with Gasteiger partial charge in [-0.15, -0.1) is 0 Å². The monoisotopic (exact) mass is 339 g/mol. The fraction of sp³-hybridized carbons (Fsp3) is 0.200. The topological polar surface area (TPSA) is 40.9 Å². The number of benzene rings is 1.